The van der Waals surface area contributed by atoms with Crippen molar-refractivity contribution in [2.45, 2.75) is 31.8 Å². The Labute approximate surface area is 145 Å². The average Bonchev–Trinajstić information content (AvgIpc) is 2.58. The van der Waals surface area contributed by atoms with E-state index < -0.39 is 11.5 Å². The van der Waals surface area contributed by atoms with E-state index in [2.05, 4.69) is 10.3 Å². The summed E-state index contributed by atoms with van der Waals surface area (Å²) >= 11 is 0. The Kier molecular flexibility index (Phi) is 4.97. The predicted octanol–water partition coefficient (Wildman–Crippen LogP) is 1.93. The number of pyridine rings is 1. The molecule has 1 heterocycles. The van der Waals surface area contributed by atoms with Crippen LogP contribution < -0.4 is 10.9 Å². The van der Waals surface area contributed by atoms with Gasteiger partial charge in [0.1, 0.15) is 5.56 Å². The summed E-state index contributed by atoms with van der Waals surface area (Å²) in [6.45, 7) is 0.387. The smallest absolute Gasteiger partial charge is 0.260 e. The minimum absolute atomic E-state index is 0.0281. The van der Waals surface area contributed by atoms with Crippen LogP contribution in [0.3, 0.4) is 0 Å². The van der Waals surface area contributed by atoms with Gasteiger partial charge in [0.25, 0.3) is 17.4 Å². The number of hydrogen-bond acceptors (Lipinski definition) is 3. The molecule has 2 amide bonds. The molecule has 3 rings (SSSR count). The number of benzene rings is 1. The van der Waals surface area contributed by atoms with Crippen LogP contribution >= 0.6 is 0 Å². The molecule has 6 nitrogen and oxygen atoms in total. The largest absolute Gasteiger partial charge is 0.349 e. The minimum Gasteiger partial charge on any atom is -0.349 e. The summed E-state index contributed by atoms with van der Waals surface area (Å²) in [5, 5.41) is 2.90. The van der Waals surface area contributed by atoms with Gasteiger partial charge < -0.3 is 15.2 Å². The number of nitrogens with one attached hydrogen (secondary N) is 2. The topological polar surface area (TPSA) is 82.3 Å². The van der Waals surface area contributed by atoms with E-state index in [9.17, 15) is 14.4 Å². The molecule has 25 heavy (non-hydrogen) atoms. The molecule has 0 bridgehead atoms. The third-order valence-electron chi connectivity index (χ3n) is 4.45. The molecular formula is C19H21N3O3. The van der Waals surface area contributed by atoms with Gasteiger partial charge in [-0.15, -0.1) is 0 Å². The number of carbonyl (C=O) groups excluding carboxylic acids is 2. The molecule has 0 radical (unpaired) electrons. The number of amides is 2. The zero-order valence-corrected chi connectivity index (χ0v) is 14.1. The van der Waals surface area contributed by atoms with Crippen LogP contribution in [0.5, 0.6) is 0 Å². The molecule has 1 aliphatic rings. The molecule has 0 aliphatic heterocycles. The van der Waals surface area contributed by atoms with Crippen LogP contribution in [0, 0.1) is 0 Å². The Hall–Kier alpha value is -2.89. The Morgan fingerprint density at radius 3 is 2.60 bits per heavy atom. The lowest BCUT2D eigenvalue weighted by Gasteiger charge is -2.26. The normalized spacial score (nSPS) is 13.8. The van der Waals surface area contributed by atoms with Crippen LogP contribution in [0.2, 0.25) is 0 Å². The summed E-state index contributed by atoms with van der Waals surface area (Å²) in [6, 6.07) is 11.1. The van der Waals surface area contributed by atoms with E-state index in [0.29, 0.717) is 12.1 Å². The van der Waals surface area contributed by atoms with Crippen molar-refractivity contribution in [2.24, 2.45) is 0 Å². The van der Waals surface area contributed by atoms with Crippen molar-refractivity contribution >= 4 is 11.8 Å². The van der Waals surface area contributed by atoms with E-state index in [4.69, 9.17) is 0 Å². The van der Waals surface area contributed by atoms with E-state index in [1.54, 1.807) is 7.05 Å². The third kappa shape index (κ3) is 3.96. The standard InChI is InChI=1S/C19H21N3O3/c1-22(12-13-6-3-2-4-7-13)19(25)16-10-14(11-20-18(16)24)17(23)21-15-8-5-9-15/h2-4,6-7,10-11,15H,5,8-9,12H2,1H3,(H,20,24)(H,21,23). The van der Waals surface area contributed by atoms with E-state index in [0.717, 1.165) is 24.8 Å². The first-order chi connectivity index (χ1) is 12.0. The maximum absolute atomic E-state index is 12.6. The second-order valence-electron chi connectivity index (χ2n) is 6.38. The molecule has 0 saturated heterocycles. The highest BCUT2D eigenvalue weighted by atomic mass is 16.2. The van der Waals surface area contributed by atoms with Crippen LogP contribution in [0.4, 0.5) is 0 Å². The predicted molar refractivity (Wildman–Crippen MR) is 94.4 cm³/mol. The maximum atomic E-state index is 12.6. The van der Waals surface area contributed by atoms with Crippen molar-refractivity contribution in [3.8, 4) is 0 Å². The fourth-order valence-electron chi connectivity index (χ4n) is 2.73. The molecule has 1 aliphatic carbocycles. The van der Waals surface area contributed by atoms with Gasteiger partial charge in [-0.2, -0.15) is 0 Å². The molecule has 1 saturated carbocycles. The summed E-state index contributed by atoms with van der Waals surface area (Å²) < 4.78 is 0. The van der Waals surface area contributed by atoms with Crippen molar-refractivity contribution in [1.82, 2.24) is 15.2 Å². The molecule has 0 spiro atoms. The van der Waals surface area contributed by atoms with Crippen molar-refractivity contribution in [3.05, 3.63) is 69.6 Å². The van der Waals surface area contributed by atoms with Crippen molar-refractivity contribution in [3.63, 3.8) is 0 Å². The van der Waals surface area contributed by atoms with E-state index in [1.165, 1.54) is 17.2 Å². The van der Waals surface area contributed by atoms with Crippen molar-refractivity contribution in [2.75, 3.05) is 7.05 Å². The summed E-state index contributed by atoms with van der Waals surface area (Å²) in [6.07, 6.45) is 4.41. The Morgan fingerprint density at radius 2 is 1.96 bits per heavy atom. The van der Waals surface area contributed by atoms with Gasteiger partial charge in [0.15, 0.2) is 0 Å². The van der Waals surface area contributed by atoms with Gasteiger partial charge >= 0.3 is 0 Å². The van der Waals surface area contributed by atoms with Gasteiger partial charge in [-0.1, -0.05) is 30.3 Å². The van der Waals surface area contributed by atoms with Crippen LogP contribution in [0.15, 0.2) is 47.4 Å². The number of H-pyrrole nitrogens is 1. The van der Waals surface area contributed by atoms with Gasteiger partial charge in [0.05, 0.1) is 5.56 Å². The van der Waals surface area contributed by atoms with Crippen LogP contribution in [0.25, 0.3) is 0 Å². The van der Waals surface area contributed by atoms with Crippen LogP contribution in [-0.2, 0) is 6.54 Å². The van der Waals surface area contributed by atoms with Gasteiger partial charge in [-0.25, -0.2) is 0 Å². The van der Waals surface area contributed by atoms with Crippen molar-refractivity contribution in [1.29, 1.82) is 0 Å². The second kappa shape index (κ2) is 7.34. The molecule has 2 aromatic rings. The molecule has 0 atom stereocenters. The highest BCUT2D eigenvalue weighted by Crippen LogP contribution is 2.18. The fraction of sp³-hybridized carbons (Fsp3) is 0.316. The first-order valence-electron chi connectivity index (χ1n) is 8.37. The van der Waals surface area contributed by atoms with E-state index in [-0.39, 0.29) is 17.5 Å². The van der Waals surface area contributed by atoms with E-state index in [1.807, 2.05) is 30.3 Å². The number of aromatic nitrogens is 1. The monoisotopic (exact) mass is 339 g/mol. The maximum Gasteiger partial charge on any atom is 0.260 e. The Morgan fingerprint density at radius 1 is 1.24 bits per heavy atom. The minimum atomic E-state index is -0.495. The van der Waals surface area contributed by atoms with Gasteiger partial charge in [-0.3, -0.25) is 14.4 Å². The Balaban J connectivity index is 1.75. The van der Waals surface area contributed by atoms with Gasteiger partial charge in [0, 0.05) is 25.8 Å². The summed E-state index contributed by atoms with van der Waals surface area (Å²) in [5.74, 6) is -0.677. The fourth-order valence-corrected chi connectivity index (χ4v) is 2.73. The first kappa shape index (κ1) is 17.0. The summed E-state index contributed by atoms with van der Waals surface area (Å²) in [4.78, 5) is 40.9. The molecule has 6 heteroatoms. The number of aromatic amines is 1. The first-order valence-corrected chi connectivity index (χ1v) is 8.37. The lowest BCUT2D eigenvalue weighted by Crippen LogP contribution is -2.40. The van der Waals surface area contributed by atoms with E-state index >= 15 is 0 Å². The second-order valence-corrected chi connectivity index (χ2v) is 6.38. The lowest BCUT2D eigenvalue weighted by molar-refractivity contribution is 0.0783. The molecule has 0 unspecified atom stereocenters. The number of nitrogens with zero attached hydrogens (tertiary/aromatic N) is 1. The van der Waals surface area contributed by atoms with Crippen LogP contribution in [0.1, 0.15) is 45.5 Å². The average molecular weight is 339 g/mol. The quantitative estimate of drug-likeness (QED) is 0.873. The molecule has 1 aromatic carbocycles. The molecule has 130 valence electrons. The Bertz CT molecular complexity index is 825. The number of hydrogen-bond donors (Lipinski definition) is 2. The summed E-state index contributed by atoms with van der Waals surface area (Å²) in [5.41, 5.74) is 0.737. The van der Waals surface area contributed by atoms with Gasteiger partial charge in [0.2, 0.25) is 0 Å². The number of carbonyl (C=O) groups is 2. The SMILES string of the molecule is CN(Cc1ccccc1)C(=O)c1cc(C(=O)NC2CCC2)c[nH]c1=O. The van der Waals surface area contributed by atoms with Crippen LogP contribution in [-0.4, -0.2) is 34.8 Å². The highest BCUT2D eigenvalue weighted by Gasteiger charge is 2.22. The summed E-state index contributed by atoms with van der Waals surface area (Å²) in [7, 11) is 1.63. The lowest BCUT2D eigenvalue weighted by atomic mass is 9.93. The highest BCUT2D eigenvalue weighted by molar-refractivity contribution is 5.99. The zero-order valence-electron chi connectivity index (χ0n) is 14.1. The molecular weight excluding hydrogens is 318 g/mol. The van der Waals surface area contributed by atoms with Crippen molar-refractivity contribution < 1.29 is 9.59 Å². The third-order valence-corrected chi connectivity index (χ3v) is 4.45. The molecule has 1 fully saturated rings. The number of rotatable bonds is 5. The molecule has 2 N–H and O–H groups in total. The van der Waals surface area contributed by atoms with Gasteiger partial charge in [-0.05, 0) is 30.9 Å². The zero-order chi connectivity index (χ0) is 17.8. The molecule has 1 aromatic heterocycles.